The van der Waals surface area contributed by atoms with Gasteiger partial charge in [-0.1, -0.05) is 0 Å². The number of morpholine rings is 1. The number of hydrogen-bond donors (Lipinski definition) is 1. The lowest BCUT2D eigenvalue weighted by atomic mass is 10.4. The van der Waals surface area contributed by atoms with Crippen LogP contribution in [0.2, 0.25) is 0 Å². The maximum absolute atomic E-state index is 5.28. The molecule has 0 radical (unpaired) electrons. The Hall–Kier alpha value is -1.00. The number of hydrogen-bond acceptors (Lipinski definition) is 3. The van der Waals surface area contributed by atoms with Gasteiger partial charge in [-0.2, -0.15) is 0 Å². The van der Waals surface area contributed by atoms with Crippen LogP contribution >= 0.6 is 0 Å². The van der Waals surface area contributed by atoms with Crippen molar-refractivity contribution < 1.29 is 4.74 Å². The molecule has 4 nitrogen and oxygen atoms in total. The Bertz CT molecular complexity index is 242. The lowest BCUT2D eigenvalue weighted by Crippen LogP contribution is -2.39. The third kappa shape index (κ3) is 2.75. The summed E-state index contributed by atoms with van der Waals surface area (Å²) in [5.41, 5.74) is 3.31. The molecule has 1 aliphatic heterocycles. The van der Waals surface area contributed by atoms with E-state index in [1.54, 1.807) is 0 Å². The number of aromatic nitrogens is 1. The zero-order chi connectivity index (χ0) is 9.64. The second-order valence-electron chi connectivity index (χ2n) is 3.45. The van der Waals surface area contributed by atoms with Gasteiger partial charge in [0.15, 0.2) is 0 Å². The van der Waals surface area contributed by atoms with Crippen LogP contribution in [0.1, 0.15) is 0 Å². The van der Waals surface area contributed by atoms with E-state index in [9.17, 15) is 0 Å². The van der Waals surface area contributed by atoms with Crippen LogP contribution in [0.25, 0.3) is 0 Å². The van der Waals surface area contributed by atoms with E-state index in [0.717, 1.165) is 39.4 Å². The zero-order valence-corrected chi connectivity index (χ0v) is 8.35. The van der Waals surface area contributed by atoms with Crippen molar-refractivity contribution in [3.8, 4) is 0 Å². The minimum atomic E-state index is 0.878. The molecular weight excluding hydrogens is 178 g/mol. The van der Waals surface area contributed by atoms with Crippen LogP contribution in [0.4, 0.5) is 0 Å². The van der Waals surface area contributed by atoms with Crippen molar-refractivity contribution in [2.24, 2.45) is 0 Å². The van der Waals surface area contributed by atoms with Gasteiger partial charge in [0.2, 0.25) is 0 Å². The lowest BCUT2D eigenvalue weighted by Gasteiger charge is -2.26. The summed E-state index contributed by atoms with van der Waals surface area (Å²) in [5, 5.41) is 0. The molecule has 0 aromatic carbocycles. The topological polar surface area (TPSA) is 29.4 Å². The molecule has 0 unspecified atom stereocenters. The van der Waals surface area contributed by atoms with E-state index >= 15 is 0 Å². The van der Waals surface area contributed by atoms with Crippen molar-refractivity contribution in [1.82, 2.24) is 9.58 Å². The number of nitrogens with zero attached hydrogens (tertiary/aromatic N) is 2. The van der Waals surface area contributed by atoms with E-state index in [-0.39, 0.29) is 0 Å². The van der Waals surface area contributed by atoms with Gasteiger partial charge in [-0.15, -0.1) is 0 Å². The molecule has 1 aromatic rings. The minimum absolute atomic E-state index is 0.878. The molecule has 1 N–H and O–H groups in total. The van der Waals surface area contributed by atoms with Crippen LogP contribution in [-0.2, 0) is 4.74 Å². The molecule has 0 amide bonds. The minimum Gasteiger partial charge on any atom is -0.379 e. The van der Waals surface area contributed by atoms with Crippen molar-refractivity contribution in [2.75, 3.05) is 44.8 Å². The van der Waals surface area contributed by atoms with Crippen LogP contribution in [-0.4, -0.2) is 49.0 Å². The van der Waals surface area contributed by atoms with Gasteiger partial charge < -0.3 is 10.2 Å². The Balaban J connectivity index is 1.62. The predicted molar refractivity (Wildman–Crippen MR) is 55.9 cm³/mol. The quantitative estimate of drug-likeness (QED) is 0.752. The number of nitrogens with one attached hydrogen (secondary N) is 1. The molecule has 1 saturated heterocycles. The molecule has 78 valence electrons. The molecule has 0 atom stereocenters. The van der Waals surface area contributed by atoms with Crippen molar-refractivity contribution in [1.29, 1.82) is 0 Å². The average molecular weight is 195 g/mol. The highest BCUT2D eigenvalue weighted by Crippen LogP contribution is 1.95. The van der Waals surface area contributed by atoms with E-state index in [1.165, 1.54) is 0 Å². The first-order valence-electron chi connectivity index (χ1n) is 5.12. The molecule has 1 aromatic heterocycles. The Morgan fingerprint density at radius 3 is 2.57 bits per heavy atom. The maximum Gasteiger partial charge on any atom is 0.0594 e. The number of rotatable bonds is 4. The monoisotopic (exact) mass is 195 g/mol. The zero-order valence-electron chi connectivity index (χ0n) is 8.35. The summed E-state index contributed by atoms with van der Waals surface area (Å²) >= 11 is 0. The van der Waals surface area contributed by atoms with Gasteiger partial charge in [0.25, 0.3) is 0 Å². The van der Waals surface area contributed by atoms with Gasteiger partial charge in [-0.05, 0) is 12.1 Å². The smallest absolute Gasteiger partial charge is 0.0594 e. The Morgan fingerprint density at radius 2 is 1.86 bits per heavy atom. The fraction of sp³-hybridized carbons (Fsp3) is 0.600. The molecule has 2 rings (SSSR count). The second-order valence-corrected chi connectivity index (χ2v) is 3.45. The Kier molecular flexibility index (Phi) is 3.43. The summed E-state index contributed by atoms with van der Waals surface area (Å²) in [6.45, 7) is 5.95. The van der Waals surface area contributed by atoms with Crippen LogP contribution in [0.5, 0.6) is 0 Å². The van der Waals surface area contributed by atoms with Crippen LogP contribution in [0.15, 0.2) is 24.5 Å². The average Bonchev–Trinajstić information content (AvgIpc) is 2.72. The van der Waals surface area contributed by atoms with Crippen molar-refractivity contribution >= 4 is 0 Å². The highest BCUT2D eigenvalue weighted by Gasteiger charge is 2.08. The first-order valence-corrected chi connectivity index (χ1v) is 5.12. The summed E-state index contributed by atoms with van der Waals surface area (Å²) in [7, 11) is 0. The van der Waals surface area contributed by atoms with Gasteiger partial charge in [-0.25, -0.2) is 0 Å². The highest BCUT2D eigenvalue weighted by atomic mass is 16.5. The largest absolute Gasteiger partial charge is 0.379 e. The molecule has 0 spiro atoms. The third-order valence-electron chi connectivity index (χ3n) is 2.43. The van der Waals surface area contributed by atoms with E-state index < -0.39 is 0 Å². The summed E-state index contributed by atoms with van der Waals surface area (Å²) in [6, 6.07) is 4.03. The van der Waals surface area contributed by atoms with Gasteiger partial charge >= 0.3 is 0 Å². The molecule has 1 fully saturated rings. The maximum atomic E-state index is 5.28. The van der Waals surface area contributed by atoms with E-state index in [4.69, 9.17) is 4.74 Å². The summed E-state index contributed by atoms with van der Waals surface area (Å²) < 4.78 is 7.27. The Morgan fingerprint density at radius 1 is 1.14 bits per heavy atom. The third-order valence-corrected chi connectivity index (χ3v) is 2.43. The molecular formula is C10H17N3O. The van der Waals surface area contributed by atoms with Crippen molar-refractivity contribution in [2.45, 2.75) is 0 Å². The molecule has 14 heavy (non-hydrogen) atoms. The van der Waals surface area contributed by atoms with E-state index in [1.807, 2.05) is 29.2 Å². The first-order chi connectivity index (χ1) is 6.95. The fourth-order valence-corrected chi connectivity index (χ4v) is 1.60. The van der Waals surface area contributed by atoms with Gasteiger partial charge in [0.1, 0.15) is 0 Å². The molecule has 2 heterocycles. The molecule has 0 bridgehead atoms. The standard InChI is InChI=1S/C10H17N3O/c1-2-5-13(4-1)11-3-6-12-7-9-14-10-8-12/h1-2,4-5,11H,3,6-10H2. The molecule has 4 heteroatoms. The predicted octanol–water partition coefficient (Wildman–Crippen LogP) is 0.364. The second kappa shape index (κ2) is 5.02. The van der Waals surface area contributed by atoms with Crippen molar-refractivity contribution in [3.63, 3.8) is 0 Å². The normalized spacial score (nSPS) is 18.3. The summed E-state index contributed by atoms with van der Waals surface area (Å²) in [4.78, 5) is 2.42. The molecule has 0 saturated carbocycles. The Labute approximate surface area is 84.4 Å². The van der Waals surface area contributed by atoms with Gasteiger partial charge in [0.05, 0.1) is 13.2 Å². The van der Waals surface area contributed by atoms with Crippen LogP contribution in [0, 0.1) is 0 Å². The SMILES string of the molecule is c1ccn(NCCN2CCOCC2)c1. The number of ether oxygens (including phenoxy) is 1. The van der Waals surface area contributed by atoms with E-state index in [0.29, 0.717) is 0 Å². The fourth-order valence-electron chi connectivity index (χ4n) is 1.60. The van der Waals surface area contributed by atoms with Crippen LogP contribution < -0.4 is 5.43 Å². The van der Waals surface area contributed by atoms with E-state index in [2.05, 4.69) is 10.3 Å². The molecule has 0 aliphatic carbocycles. The van der Waals surface area contributed by atoms with Crippen molar-refractivity contribution in [3.05, 3.63) is 24.5 Å². The molecule has 1 aliphatic rings. The highest BCUT2D eigenvalue weighted by molar-refractivity contribution is 4.93. The lowest BCUT2D eigenvalue weighted by molar-refractivity contribution is 0.0396. The van der Waals surface area contributed by atoms with Crippen LogP contribution in [0.3, 0.4) is 0 Å². The first kappa shape index (κ1) is 9.55. The van der Waals surface area contributed by atoms with Gasteiger partial charge in [0, 0.05) is 38.6 Å². The summed E-state index contributed by atoms with van der Waals surface area (Å²) in [6.07, 6.45) is 4.03. The summed E-state index contributed by atoms with van der Waals surface area (Å²) in [5.74, 6) is 0. The van der Waals surface area contributed by atoms with Gasteiger partial charge in [-0.3, -0.25) is 9.58 Å².